The molecule has 0 radical (unpaired) electrons. The summed E-state index contributed by atoms with van der Waals surface area (Å²) in [6.45, 7) is 4.21. The molecule has 0 amide bonds. The molecular weight excluding hydrogens is 272 g/mol. The maximum atomic E-state index is 12.1. The molecule has 0 unspecified atom stereocenters. The standard InChI is InChI=1S/C20H28O2/c1-12(21)18-7-8-19-17-5-3-13-11-14(22)4-6-15(13)16(17)9-10-20(18,19)2/h11,15-19H,3-10H2,1-2H3/t15-,16-,17+,18-,19+,20+/m0/s1. The zero-order valence-corrected chi connectivity index (χ0v) is 13.9. The molecule has 4 rings (SSSR count). The molecule has 0 aromatic rings. The van der Waals surface area contributed by atoms with Crippen LogP contribution in [0.15, 0.2) is 11.6 Å². The van der Waals surface area contributed by atoms with Crippen LogP contribution in [0.2, 0.25) is 0 Å². The van der Waals surface area contributed by atoms with E-state index in [4.69, 9.17) is 0 Å². The third kappa shape index (κ3) is 1.98. The monoisotopic (exact) mass is 300 g/mol. The Morgan fingerprint density at radius 2 is 1.91 bits per heavy atom. The number of rotatable bonds is 1. The highest BCUT2D eigenvalue weighted by Crippen LogP contribution is 2.63. The average molecular weight is 300 g/mol. The van der Waals surface area contributed by atoms with E-state index in [1.807, 2.05) is 6.08 Å². The Bertz CT molecular complexity index is 546. The van der Waals surface area contributed by atoms with Gasteiger partial charge in [-0.1, -0.05) is 12.5 Å². The predicted molar refractivity (Wildman–Crippen MR) is 86.3 cm³/mol. The molecule has 0 aromatic heterocycles. The van der Waals surface area contributed by atoms with E-state index in [-0.39, 0.29) is 5.41 Å². The molecule has 3 fully saturated rings. The van der Waals surface area contributed by atoms with Gasteiger partial charge in [0.1, 0.15) is 5.78 Å². The Labute approximate surface area is 133 Å². The van der Waals surface area contributed by atoms with Crippen molar-refractivity contribution >= 4 is 11.6 Å². The second-order valence-corrected chi connectivity index (χ2v) is 8.59. The molecule has 0 spiro atoms. The van der Waals surface area contributed by atoms with Crippen LogP contribution in [-0.2, 0) is 9.59 Å². The second-order valence-electron chi connectivity index (χ2n) is 8.59. The lowest BCUT2D eigenvalue weighted by molar-refractivity contribution is -0.127. The number of hydrogen-bond donors (Lipinski definition) is 0. The van der Waals surface area contributed by atoms with Gasteiger partial charge in [-0.05, 0) is 87.0 Å². The SMILES string of the molecule is CC(=O)[C@@H]1CC[C@@H]2[C@@H]3CCC4=CC(=O)CC[C@@H]4[C@@H]3CC[C@@]21C. The van der Waals surface area contributed by atoms with E-state index in [2.05, 4.69) is 6.92 Å². The highest BCUT2D eigenvalue weighted by molar-refractivity contribution is 5.91. The van der Waals surface area contributed by atoms with Crippen LogP contribution in [0, 0.1) is 35.0 Å². The fourth-order valence-corrected chi connectivity index (χ4v) is 6.85. The van der Waals surface area contributed by atoms with Crippen LogP contribution in [0.25, 0.3) is 0 Å². The number of ketones is 2. The van der Waals surface area contributed by atoms with E-state index < -0.39 is 0 Å². The zero-order chi connectivity index (χ0) is 15.5. The fourth-order valence-electron chi connectivity index (χ4n) is 6.85. The lowest BCUT2D eigenvalue weighted by Crippen LogP contribution is -2.47. The van der Waals surface area contributed by atoms with Crippen molar-refractivity contribution in [1.82, 2.24) is 0 Å². The minimum Gasteiger partial charge on any atom is -0.300 e. The van der Waals surface area contributed by atoms with Crippen molar-refractivity contribution < 1.29 is 9.59 Å². The molecule has 22 heavy (non-hydrogen) atoms. The number of hydrogen-bond acceptors (Lipinski definition) is 2. The molecule has 0 bridgehead atoms. The quantitative estimate of drug-likeness (QED) is 0.722. The topological polar surface area (TPSA) is 34.1 Å². The largest absolute Gasteiger partial charge is 0.300 e. The molecule has 0 aromatic carbocycles. The van der Waals surface area contributed by atoms with Gasteiger partial charge in [0.2, 0.25) is 0 Å². The molecule has 120 valence electrons. The summed E-state index contributed by atoms with van der Waals surface area (Å²) in [5.41, 5.74) is 1.72. The van der Waals surface area contributed by atoms with Crippen molar-refractivity contribution in [2.24, 2.45) is 35.0 Å². The van der Waals surface area contributed by atoms with Gasteiger partial charge in [0.25, 0.3) is 0 Å². The number of fused-ring (bicyclic) bond motifs is 5. The third-order valence-corrected chi connectivity index (χ3v) is 7.79. The predicted octanol–water partition coefficient (Wildman–Crippen LogP) is 4.33. The summed E-state index contributed by atoms with van der Waals surface area (Å²) in [6.07, 6.45) is 11.1. The Balaban J connectivity index is 1.62. The number of Topliss-reactive ketones (excluding diaryl/α,β-unsaturated/α-hetero) is 1. The minimum absolute atomic E-state index is 0.263. The number of carbonyl (C=O) groups excluding carboxylic acids is 2. The van der Waals surface area contributed by atoms with Gasteiger partial charge in [0.05, 0.1) is 0 Å². The molecule has 0 aliphatic heterocycles. The van der Waals surface area contributed by atoms with Gasteiger partial charge >= 0.3 is 0 Å². The summed E-state index contributed by atoms with van der Waals surface area (Å²) in [5, 5.41) is 0. The zero-order valence-electron chi connectivity index (χ0n) is 13.9. The van der Waals surface area contributed by atoms with Crippen LogP contribution < -0.4 is 0 Å². The van der Waals surface area contributed by atoms with Crippen molar-refractivity contribution in [3.8, 4) is 0 Å². The van der Waals surface area contributed by atoms with Crippen LogP contribution >= 0.6 is 0 Å². The molecule has 0 heterocycles. The lowest BCUT2D eigenvalue weighted by atomic mass is 9.51. The van der Waals surface area contributed by atoms with E-state index in [1.165, 1.54) is 31.3 Å². The van der Waals surface area contributed by atoms with E-state index in [1.54, 1.807) is 6.92 Å². The van der Waals surface area contributed by atoms with Gasteiger partial charge in [-0.3, -0.25) is 9.59 Å². The van der Waals surface area contributed by atoms with Gasteiger partial charge in [0.15, 0.2) is 5.78 Å². The molecule has 0 saturated heterocycles. The lowest BCUT2D eigenvalue weighted by Gasteiger charge is -2.53. The molecule has 4 aliphatic carbocycles. The van der Waals surface area contributed by atoms with Crippen LogP contribution in [-0.4, -0.2) is 11.6 Å². The van der Waals surface area contributed by atoms with Gasteiger partial charge in [-0.15, -0.1) is 0 Å². The summed E-state index contributed by atoms with van der Waals surface area (Å²) in [5.74, 6) is 4.10. The van der Waals surface area contributed by atoms with Crippen LogP contribution in [0.4, 0.5) is 0 Å². The van der Waals surface area contributed by atoms with Crippen LogP contribution in [0.1, 0.15) is 65.2 Å². The van der Waals surface area contributed by atoms with Gasteiger partial charge < -0.3 is 0 Å². The molecular formula is C20H28O2. The molecule has 3 saturated carbocycles. The van der Waals surface area contributed by atoms with E-state index in [9.17, 15) is 9.59 Å². The van der Waals surface area contributed by atoms with Crippen molar-refractivity contribution in [1.29, 1.82) is 0 Å². The van der Waals surface area contributed by atoms with Crippen LogP contribution in [0.5, 0.6) is 0 Å². The van der Waals surface area contributed by atoms with Gasteiger partial charge in [-0.2, -0.15) is 0 Å². The third-order valence-electron chi connectivity index (χ3n) is 7.79. The first-order valence-electron chi connectivity index (χ1n) is 9.24. The Hall–Kier alpha value is -0.920. The Morgan fingerprint density at radius 1 is 1.09 bits per heavy atom. The van der Waals surface area contributed by atoms with E-state index >= 15 is 0 Å². The molecule has 2 nitrogen and oxygen atoms in total. The molecule has 4 aliphatic rings. The molecule has 2 heteroatoms. The maximum Gasteiger partial charge on any atom is 0.155 e. The fraction of sp³-hybridized carbons (Fsp3) is 0.800. The van der Waals surface area contributed by atoms with Crippen molar-refractivity contribution in [3.63, 3.8) is 0 Å². The van der Waals surface area contributed by atoms with Crippen molar-refractivity contribution in [2.45, 2.75) is 65.2 Å². The highest BCUT2D eigenvalue weighted by atomic mass is 16.1. The average Bonchev–Trinajstić information content (AvgIpc) is 2.84. The summed E-state index contributed by atoms with van der Waals surface area (Å²) in [6, 6.07) is 0. The smallest absolute Gasteiger partial charge is 0.155 e. The Kier molecular flexibility index (Phi) is 3.36. The first kappa shape index (κ1) is 14.7. The van der Waals surface area contributed by atoms with Crippen LogP contribution in [0.3, 0.4) is 0 Å². The number of carbonyl (C=O) groups is 2. The van der Waals surface area contributed by atoms with Gasteiger partial charge in [0, 0.05) is 12.3 Å². The first-order chi connectivity index (χ1) is 10.5. The number of allylic oxidation sites excluding steroid dienone is 1. The second kappa shape index (κ2) is 5.04. The highest BCUT2D eigenvalue weighted by Gasteiger charge is 2.57. The summed E-state index contributed by atoms with van der Waals surface area (Å²) < 4.78 is 0. The summed E-state index contributed by atoms with van der Waals surface area (Å²) >= 11 is 0. The molecule has 0 N–H and O–H groups in total. The summed E-state index contributed by atoms with van der Waals surface area (Å²) in [4.78, 5) is 23.8. The van der Waals surface area contributed by atoms with Gasteiger partial charge in [-0.25, -0.2) is 0 Å². The Morgan fingerprint density at radius 3 is 2.68 bits per heavy atom. The van der Waals surface area contributed by atoms with E-state index in [0.717, 1.165) is 43.4 Å². The first-order valence-corrected chi connectivity index (χ1v) is 9.24. The molecule has 6 atom stereocenters. The van der Waals surface area contributed by atoms with Crippen molar-refractivity contribution in [2.75, 3.05) is 0 Å². The minimum atomic E-state index is 0.263. The summed E-state index contributed by atoms with van der Waals surface area (Å²) in [7, 11) is 0. The maximum absolute atomic E-state index is 12.1. The van der Waals surface area contributed by atoms with E-state index in [0.29, 0.717) is 23.4 Å². The van der Waals surface area contributed by atoms with Crippen molar-refractivity contribution in [3.05, 3.63) is 11.6 Å². The normalized spacial score (nSPS) is 47.3.